The topological polar surface area (TPSA) is 12.9 Å². The van der Waals surface area contributed by atoms with E-state index in [-0.39, 0.29) is 0 Å². The van der Waals surface area contributed by atoms with Crippen molar-refractivity contribution < 1.29 is 13.2 Å². The summed E-state index contributed by atoms with van der Waals surface area (Å²) < 4.78 is 39.7. The number of alkyl halides is 3. The highest BCUT2D eigenvalue weighted by molar-refractivity contribution is 7.31. The monoisotopic (exact) mass is 373 g/mol. The van der Waals surface area contributed by atoms with Crippen LogP contribution in [0.4, 0.5) is 13.2 Å². The molecule has 0 saturated heterocycles. The third-order valence-corrected chi connectivity index (χ3v) is 7.51. The number of thiophene rings is 3. The summed E-state index contributed by atoms with van der Waals surface area (Å²) >= 11 is 5.29. The normalized spacial score (nSPS) is 12.3. The maximum atomic E-state index is 13.0. The van der Waals surface area contributed by atoms with Crippen molar-refractivity contribution >= 4 is 55.6 Å². The number of fused-ring (bicyclic) bond motifs is 1. The van der Waals surface area contributed by atoms with Crippen LogP contribution in [0.2, 0.25) is 0 Å². The Morgan fingerprint density at radius 1 is 0.864 bits per heavy atom. The van der Waals surface area contributed by atoms with Gasteiger partial charge in [-0.2, -0.15) is 13.2 Å². The number of rotatable bonds is 2. The van der Waals surface area contributed by atoms with Crippen molar-refractivity contribution in [1.82, 2.24) is 4.98 Å². The summed E-state index contributed by atoms with van der Waals surface area (Å²) in [5, 5.41) is 3.07. The smallest absolute Gasteiger partial charge is 0.230 e. The molecule has 0 amide bonds. The van der Waals surface area contributed by atoms with E-state index in [4.69, 9.17) is 0 Å². The molecule has 0 saturated carbocycles. The molecule has 1 nitrogen and oxygen atoms in total. The predicted octanol–water partition coefficient (Wildman–Crippen LogP) is 6.83. The lowest BCUT2D eigenvalue weighted by atomic mass is 10.3. The maximum Gasteiger partial charge on any atom is 0.443 e. The minimum absolute atomic E-state index is 0.466. The van der Waals surface area contributed by atoms with Crippen LogP contribution in [0.3, 0.4) is 0 Å². The second kappa shape index (κ2) is 5.16. The molecule has 0 spiro atoms. The van der Waals surface area contributed by atoms with Gasteiger partial charge in [0.2, 0.25) is 0 Å². The molecule has 4 aromatic rings. The summed E-state index contributed by atoms with van der Waals surface area (Å²) in [6.45, 7) is 0. The van der Waals surface area contributed by atoms with Crippen molar-refractivity contribution in [2.24, 2.45) is 0 Å². The van der Waals surface area contributed by atoms with E-state index in [0.717, 1.165) is 30.8 Å². The molecule has 0 aliphatic carbocycles. The highest BCUT2D eigenvalue weighted by atomic mass is 32.1. The fourth-order valence-electron chi connectivity index (χ4n) is 2.09. The zero-order valence-electron chi connectivity index (χ0n) is 10.7. The van der Waals surface area contributed by atoms with E-state index in [1.54, 1.807) is 0 Å². The van der Waals surface area contributed by atoms with Crippen LogP contribution < -0.4 is 0 Å². The highest BCUT2D eigenvalue weighted by Crippen LogP contribution is 2.50. The van der Waals surface area contributed by atoms with Crippen molar-refractivity contribution in [3.8, 4) is 19.5 Å². The standard InChI is InChI=1S/C14H6F3NS4/c15-14(16,17)13-18-9-10(7-3-1-5-19-7)21-11(12(9)22-13)8-4-2-6-20-8/h1-6H. The van der Waals surface area contributed by atoms with E-state index in [1.807, 2.05) is 35.0 Å². The molecule has 4 aromatic heterocycles. The van der Waals surface area contributed by atoms with Crippen LogP contribution in [0.15, 0.2) is 35.0 Å². The molecule has 0 N–H and O–H groups in total. The van der Waals surface area contributed by atoms with E-state index < -0.39 is 11.2 Å². The van der Waals surface area contributed by atoms with Crippen LogP contribution in [0, 0.1) is 0 Å². The number of halogens is 3. The van der Waals surface area contributed by atoms with Gasteiger partial charge in [-0.25, -0.2) is 4.98 Å². The molecule has 0 unspecified atom stereocenters. The van der Waals surface area contributed by atoms with E-state index in [2.05, 4.69) is 4.98 Å². The third kappa shape index (κ3) is 2.30. The average Bonchev–Trinajstić information content (AvgIpc) is 3.22. The molecular weight excluding hydrogens is 367 g/mol. The number of hydrogen-bond donors (Lipinski definition) is 0. The molecule has 22 heavy (non-hydrogen) atoms. The Balaban J connectivity index is 2.02. The number of thiazole rings is 1. The van der Waals surface area contributed by atoms with Crippen molar-refractivity contribution in [1.29, 1.82) is 0 Å². The molecule has 8 heteroatoms. The Morgan fingerprint density at radius 3 is 2.05 bits per heavy atom. The Kier molecular flexibility index (Phi) is 3.37. The van der Waals surface area contributed by atoms with Crippen LogP contribution in [-0.2, 0) is 6.18 Å². The van der Waals surface area contributed by atoms with Crippen LogP contribution in [0.5, 0.6) is 0 Å². The van der Waals surface area contributed by atoms with Crippen LogP contribution in [-0.4, -0.2) is 4.98 Å². The second-order valence-corrected chi connectivity index (χ2v) is 8.32. The minimum Gasteiger partial charge on any atom is -0.230 e. The largest absolute Gasteiger partial charge is 0.443 e. The van der Waals surface area contributed by atoms with Crippen molar-refractivity contribution in [2.75, 3.05) is 0 Å². The van der Waals surface area contributed by atoms with Gasteiger partial charge < -0.3 is 0 Å². The van der Waals surface area contributed by atoms with Gasteiger partial charge in [0.25, 0.3) is 0 Å². The van der Waals surface area contributed by atoms with Crippen LogP contribution in [0.1, 0.15) is 5.01 Å². The molecule has 0 bridgehead atoms. The summed E-state index contributed by atoms with van der Waals surface area (Å²) in [5.41, 5.74) is 0.466. The van der Waals surface area contributed by atoms with Gasteiger partial charge in [0, 0.05) is 9.75 Å². The molecule has 0 aliphatic heterocycles. The first kappa shape index (κ1) is 14.4. The second-order valence-electron chi connectivity index (χ2n) is 4.41. The third-order valence-electron chi connectivity index (χ3n) is 2.99. The summed E-state index contributed by atoms with van der Waals surface area (Å²) in [5.74, 6) is 0. The lowest BCUT2D eigenvalue weighted by Gasteiger charge is -1.99. The molecule has 112 valence electrons. The zero-order valence-corrected chi connectivity index (χ0v) is 13.9. The van der Waals surface area contributed by atoms with Crippen LogP contribution >= 0.6 is 45.3 Å². The Labute approximate surface area is 139 Å². The average molecular weight is 373 g/mol. The van der Waals surface area contributed by atoms with E-state index >= 15 is 0 Å². The molecule has 0 radical (unpaired) electrons. The summed E-state index contributed by atoms with van der Waals surface area (Å²) in [4.78, 5) is 7.52. The van der Waals surface area contributed by atoms with Crippen molar-refractivity contribution in [3.63, 3.8) is 0 Å². The SMILES string of the molecule is FC(F)(F)c1nc2c(-c3cccs3)sc(-c3cccs3)c2s1. The van der Waals surface area contributed by atoms with Gasteiger partial charge in [-0.1, -0.05) is 12.1 Å². The van der Waals surface area contributed by atoms with E-state index in [1.165, 1.54) is 34.0 Å². The summed E-state index contributed by atoms with van der Waals surface area (Å²) in [6.07, 6.45) is -4.40. The number of aromatic nitrogens is 1. The molecule has 0 aliphatic rings. The first-order valence-corrected chi connectivity index (χ1v) is 9.51. The summed E-state index contributed by atoms with van der Waals surface area (Å²) in [6, 6.07) is 7.65. The number of nitrogens with zero attached hydrogens (tertiary/aromatic N) is 1. The quantitative estimate of drug-likeness (QED) is 0.375. The van der Waals surface area contributed by atoms with Gasteiger partial charge in [-0.05, 0) is 22.9 Å². The first-order valence-electron chi connectivity index (χ1n) is 6.12. The van der Waals surface area contributed by atoms with Gasteiger partial charge in [0.15, 0.2) is 5.01 Å². The molecule has 0 fully saturated rings. The predicted molar refractivity (Wildman–Crippen MR) is 89.1 cm³/mol. The maximum absolute atomic E-state index is 13.0. The Bertz CT molecular complexity index is 847. The van der Waals surface area contributed by atoms with Crippen molar-refractivity contribution in [2.45, 2.75) is 6.18 Å². The minimum atomic E-state index is -4.40. The van der Waals surface area contributed by atoms with Gasteiger partial charge in [0.05, 0.1) is 14.5 Å². The highest BCUT2D eigenvalue weighted by Gasteiger charge is 2.36. The van der Waals surface area contributed by atoms with Crippen LogP contribution in [0.25, 0.3) is 29.7 Å². The fraction of sp³-hybridized carbons (Fsp3) is 0.0714. The zero-order chi connectivity index (χ0) is 15.3. The van der Waals surface area contributed by atoms with E-state index in [9.17, 15) is 13.2 Å². The molecular formula is C14H6F3NS4. The lowest BCUT2D eigenvalue weighted by Crippen LogP contribution is -2.03. The van der Waals surface area contributed by atoms with Gasteiger partial charge in [0.1, 0.15) is 5.52 Å². The number of hydrogen-bond acceptors (Lipinski definition) is 5. The summed E-state index contributed by atoms with van der Waals surface area (Å²) in [7, 11) is 0. The van der Waals surface area contributed by atoms with Gasteiger partial charge in [-0.15, -0.1) is 45.3 Å². The van der Waals surface area contributed by atoms with E-state index in [0.29, 0.717) is 10.2 Å². The lowest BCUT2D eigenvalue weighted by molar-refractivity contribution is -0.137. The molecule has 4 rings (SSSR count). The molecule has 0 aromatic carbocycles. The van der Waals surface area contributed by atoms with Gasteiger partial charge >= 0.3 is 6.18 Å². The molecule has 0 atom stereocenters. The fourth-order valence-corrected chi connectivity index (χ4v) is 6.21. The van der Waals surface area contributed by atoms with Crippen molar-refractivity contribution in [3.05, 3.63) is 40.0 Å². The Morgan fingerprint density at radius 2 is 1.50 bits per heavy atom. The molecule has 4 heterocycles. The Hall–Kier alpha value is -1.22. The first-order chi connectivity index (χ1) is 10.5. The van der Waals surface area contributed by atoms with Gasteiger partial charge in [-0.3, -0.25) is 0 Å².